The van der Waals surface area contributed by atoms with Crippen molar-refractivity contribution in [3.8, 4) is 0 Å². The molecule has 0 spiro atoms. The van der Waals surface area contributed by atoms with Crippen molar-refractivity contribution < 1.29 is 4.79 Å². The molecular formula is C15H29ClN2O. The molecule has 1 saturated heterocycles. The molecule has 2 atom stereocenters. The summed E-state index contributed by atoms with van der Waals surface area (Å²) >= 11 is 0. The van der Waals surface area contributed by atoms with Gasteiger partial charge in [0.25, 0.3) is 0 Å². The number of hydrogen-bond acceptors (Lipinski definition) is 2. The minimum atomic E-state index is 0. The molecule has 0 bridgehead atoms. The Bertz CT molecular complexity index is 265. The lowest BCUT2D eigenvalue weighted by Crippen LogP contribution is -2.48. The average Bonchev–Trinajstić information content (AvgIpc) is 2.61. The molecule has 0 aromatic rings. The van der Waals surface area contributed by atoms with E-state index in [0.29, 0.717) is 23.8 Å². The second kappa shape index (κ2) is 8.80. The Morgan fingerprint density at radius 3 is 2.47 bits per heavy atom. The molecule has 2 aliphatic rings. The van der Waals surface area contributed by atoms with Crippen molar-refractivity contribution in [3.05, 3.63) is 0 Å². The molecule has 0 radical (unpaired) electrons. The second-order valence-electron chi connectivity index (χ2n) is 6.21. The molecule has 3 nitrogen and oxygen atoms in total. The van der Waals surface area contributed by atoms with Crippen molar-refractivity contribution in [3.63, 3.8) is 0 Å². The SMILES string of the molecule is CC1CNCCC1NC(=O)CC1CCCCCC1.Cl. The number of carbonyl (C=O) groups is 1. The van der Waals surface area contributed by atoms with Crippen LogP contribution in [0.5, 0.6) is 0 Å². The maximum Gasteiger partial charge on any atom is 0.220 e. The third-order valence-electron chi connectivity index (χ3n) is 4.58. The van der Waals surface area contributed by atoms with E-state index in [2.05, 4.69) is 17.6 Å². The maximum atomic E-state index is 12.1. The van der Waals surface area contributed by atoms with Gasteiger partial charge < -0.3 is 10.6 Å². The molecule has 1 saturated carbocycles. The minimum absolute atomic E-state index is 0. The van der Waals surface area contributed by atoms with Crippen LogP contribution in [-0.2, 0) is 4.79 Å². The van der Waals surface area contributed by atoms with Crippen LogP contribution in [0, 0.1) is 11.8 Å². The summed E-state index contributed by atoms with van der Waals surface area (Å²) in [7, 11) is 0. The van der Waals surface area contributed by atoms with Gasteiger partial charge in [-0.05, 0) is 44.2 Å². The van der Waals surface area contributed by atoms with Gasteiger partial charge in [0.15, 0.2) is 0 Å². The van der Waals surface area contributed by atoms with Gasteiger partial charge in [-0.25, -0.2) is 0 Å². The summed E-state index contributed by atoms with van der Waals surface area (Å²) in [5.41, 5.74) is 0. The molecule has 1 aliphatic heterocycles. The fourth-order valence-corrected chi connectivity index (χ4v) is 3.32. The molecule has 1 heterocycles. The first-order valence-electron chi connectivity index (χ1n) is 7.76. The summed E-state index contributed by atoms with van der Waals surface area (Å²) in [4.78, 5) is 12.1. The normalized spacial score (nSPS) is 29.1. The fraction of sp³-hybridized carbons (Fsp3) is 0.933. The van der Waals surface area contributed by atoms with Crippen molar-refractivity contribution in [2.75, 3.05) is 13.1 Å². The Kier molecular flexibility index (Phi) is 7.77. The van der Waals surface area contributed by atoms with Crippen LogP contribution in [0.1, 0.15) is 58.3 Å². The lowest BCUT2D eigenvalue weighted by Gasteiger charge is -2.30. The van der Waals surface area contributed by atoms with Crippen molar-refractivity contribution in [2.24, 2.45) is 11.8 Å². The Labute approximate surface area is 123 Å². The molecule has 112 valence electrons. The Morgan fingerprint density at radius 1 is 1.16 bits per heavy atom. The van der Waals surface area contributed by atoms with E-state index in [0.717, 1.165) is 25.9 Å². The van der Waals surface area contributed by atoms with Gasteiger partial charge in [0, 0.05) is 12.5 Å². The van der Waals surface area contributed by atoms with Crippen molar-refractivity contribution in [2.45, 2.75) is 64.3 Å². The second-order valence-corrected chi connectivity index (χ2v) is 6.21. The Morgan fingerprint density at radius 2 is 1.84 bits per heavy atom. The highest BCUT2D eigenvalue weighted by Gasteiger charge is 2.24. The molecule has 0 aromatic heterocycles. The van der Waals surface area contributed by atoms with Crippen LogP contribution in [0.3, 0.4) is 0 Å². The van der Waals surface area contributed by atoms with Crippen LogP contribution in [0.2, 0.25) is 0 Å². The summed E-state index contributed by atoms with van der Waals surface area (Å²) in [6.07, 6.45) is 9.73. The number of halogens is 1. The number of amides is 1. The molecule has 1 amide bonds. The van der Waals surface area contributed by atoms with E-state index in [1.165, 1.54) is 38.5 Å². The summed E-state index contributed by atoms with van der Waals surface area (Å²) in [5, 5.41) is 6.63. The van der Waals surface area contributed by atoms with Crippen molar-refractivity contribution in [1.29, 1.82) is 0 Å². The predicted octanol–water partition coefficient (Wildman–Crippen LogP) is 2.88. The molecule has 19 heavy (non-hydrogen) atoms. The molecule has 1 aliphatic carbocycles. The number of hydrogen-bond donors (Lipinski definition) is 2. The van der Waals surface area contributed by atoms with E-state index in [-0.39, 0.29) is 12.4 Å². The molecule has 2 fully saturated rings. The summed E-state index contributed by atoms with van der Waals surface area (Å²) in [5.74, 6) is 1.50. The zero-order valence-electron chi connectivity index (χ0n) is 12.1. The van der Waals surface area contributed by atoms with Gasteiger partial charge in [-0.15, -0.1) is 12.4 Å². The third kappa shape index (κ3) is 5.70. The fourth-order valence-electron chi connectivity index (χ4n) is 3.32. The number of nitrogens with one attached hydrogen (secondary N) is 2. The van der Waals surface area contributed by atoms with Gasteiger partial charge in [-0.2, -0.15) is 0 Å². The van der Waals surface area contributed by atoms with Crippen molar-refractivity contribution >= 4 is 18.3 Å². The van der Waals surface area contributed by atoms with Crippen LogP contribution in [-0.4, -0.2) is 25.0 Å². The molecule has 2 unspecified atom stereocenters. The smallest absolute Gasteiger partial charge is 0.220 e. The first kappa shape index (κ1) is 16.8. The van der Waals surface area contributed by atoms with E-state index in [1.54, 1.807) is 0 Å². The van der Waals surface area contributed by atoms with E-state index in [9.17, 15) is 4.79 Å². The maximum absolute atomic E-state index is 12.1. The minimum Gasteiger partial charge on any atom is -0.353 e. The standard InChI is InChI=1S/C15H28N2O.ClH/c1-12-11-16-9-8-14(12)17-15(18)10-13-6-4-2-3-5-7-13;/h12-14,16H,2-11H2,1H3,(H,17,18);1H. The third-order valence-corrected chi connectivity index (χ3v) is 4.58. The van der Waals surface area contributed by atoms with Gasteiger partial charge in [-0.3, -0.25) is 4.79 Å². The summed E-state index contributed by atoms with van der Waals surface area (Å²) in [6, 6.07) is 0.393. The van der Waals surface area contributed by atoms with Gasteiger partial charge in [0.05, 0.1) is 0 Å². The number of piperidine rings is 1. The molecule has 4 heteroatoms. The van der Waals surface area contributed by atoms with Gasteiger partial charge in [-0.1, -0.05) is 32.6 Å². The monoisotopic (exact) mass is 288 g/mol. The first-order chi connectivity index (χ1) is 8.75. The van der Waals surface area contributed by atoms with Gasteiger partial charge >= 0.3 is 0 Å². The highest BCUT2D eigenvalue weighted by molar-refractivity contribution is 5.85. The first-order valence-corrected chi connectivity index (χ1v) is 7.76. The largest absolute Gasteiger partial charge is 0.353 e. The van der Waals surface area contributed by atoms with Crippen LogP contribution in [0.25, 0.3) is 0 Å². The van der Waals surface area contributed by atoms with Crippen LogP contribution >= 0.6 is 12.4 Å². The van der Waals surface area contributed by atoms with Gasteiger partial charge in [0.2, 0.25) is 5.91 Å². The zero-order chi connectivity index (χ0) is 12.8. The van der Waals surface area contributed by atoms with E-state index < -0.39 is 0 Å². The average molecular weight is 289 g/mol. The van der Waals surface area contributed by atoms with E-state index in [1.807, 2.05) is 0 Å². The summed E-state index contributed by atoms with van der Waals surface area (Å²) < 4.78 is 0. The highest BCUT2D eigenvalue weighted by atomic mass is 35.5. The molecular weight excluding hydrogens is 260 g/mol. The molecule has 0 aromatic carbocycles. The molecule has 2 rings (SSSR count). The van der Waals surface area contributed by atoms with Crippen LogP contribution in [0.4, 0.5) is 0 Å². The number of rotatable bonds is 3. The van der Waals surface area contributed by atoms with Crippen LogP contribution < -0.4 is 10.6 Å². The molecule has 2 N–H and O–H groups in total. The Hall–Kier alpha value is -0.280. The Balaban J connectivity index is 0.00000180. The van der Waals surface area contributed by atoms with E-state index >= 15 is 0 Å². The van der Waals surface area contributed by atoms with Crippen LogP contribution in [0.15, 0.2) is 0 Å². The topological polar surface area (TPSA) is 41.1 Å². The number of carbonyl (C=O) groups excluding carboxylic acids is 1. The zero-order valence-corrected chi connectivity index (χ0v) is 12.9. The lowest BCUT2D eigenvalue weighted by atomic mass is 9.93. The quantitative estimate of drug-likeness (QED) is 0.784. The highest BCUT2D eigenvalue weighted by Crippen LogP contribution is 2.25. The van der Waals surface area contributed by atoms with Gasteiger partial charge in [0.1, 0.15) is 0 Å². The predicted molar refractivity (Wildman–Crippen MR) is 81.6 cm³/mol. The van der Waals surface area contributed by atoms with Crippen molar-refractivity contribution in [1.82, 2.24) is 10.6 Å². The van der Waals surface area contributed by atoms with E-state index in [4.69, 9.17) is 0 Å². The lowest BCUT2D eigenvalue weighted by molar-refractivity contribution is -0.123. The summed E-state index contributed by atoms with van der Waals surface area (Å²) in [6.45, 7) is 4.30.